The number of nitro groups is 1. The number of benzene rings is 1. The summed E-state index contributed by atoms with van der Waals surface area (Å²) in [6, 6.07) is 5.89. The maximum Gasteiger partial charge on any atom is 0.345 e. The molecule has 0 atom stereocenters. The van der Waals surface area contributed by atoms with E-state index < -0.39 is 10.9 Å². The molecule has 7 nitrogen and oxygen atoms in total. The molecule has 0 fully saturated rings. The highest BCUT2D eigenvalue weighted by atomic mass is 16.6. The van der Waals surface area contributed by atoms with Crippen LogP contribution < -0.4 is 0 Å². The molecule has 0 saturated carbocycles. The Balaban J connectivity index is 2.50. The number of nitro benzene ring substituents is 1. The van der Waals surface area contributed by atoms with Gasteiger partial charge in [0.15, 0.2) is 0 Å². The second-order valence-corrected chi connectivity index (χ2v) is 3.63. The first-order valence-corrected chi connectivity index (χ1v) is 5.59. The Labute approximate surface area is 108 Å². The molecule has 0 unspecified atom stereocenters. The highest BCUT2D eigenvalue weighted by Gasteiger charge is 2.22. The zero-order valence-electron chi connectivity index (χ0n) is 10.1. The van der Waals surface area contributed by atoms with Gasteiger partial charge in [0.05, 0.1) is 17.2 Å². The van der Waals surface area contributed by atoms with Crippen LogP contribution in [0, 0.1) is 10.1 Å². The van der Waals surface area contributed by atoms with Gasteiger partial charge in [-0.3, -0.25) is 10.1 Å². The van der Waals surface area contributed by atoms with Gasteiger partial charge in [-0.15, -0.1) is 0 Å². The quantitative estimate of drug-likeness (QED) is 0.477. The molecular formula is C12H11N3O4. The van der Waals surface area contributed by atoms with E-state index in [2.05, 4.69) is 5.10 Å². The number of carbonyl (C=O) groups excluding carboxylic acids is 1. The number of ether oxygens (including phenoxy) is 1. The summed E-state index contributed by atoms with van der Waals surface area (Å²) in [5.74, 6) is -0.719. The average Bonchev–Trinajstić information content (AvgIpc) is 2.92. The lowest BCUT2D eigenvalue weighted by molar-refractivity contribution is -0.385. The Morgan fingerprint density at radius 1 is 1.53 bits per heavy atom. The molecule has 0 amide bonds. The van der Waals surface area contributed by atoms with Gasteiger partial charge in [-0.25, -0.2) is 9.48 Å². The molecular weight excluding hydrogens is 250 g/mol. The molecule has 19 heavy (non-hydrogen) atoms. The highest BCUT2D eigenvalue weighted by Crippen LogP contribution is 2.22. The molecule has 0 radical (unpaired) electrons. The second-order valence-electron chi connectivity index (χ2n) is 3.63. The van der Waals surface area contributed by atoms with Crippen LogP contribution in [0.2, 0.25) is 0 Å². The normalized spacial score (nSPS) is 10.2. The molecule has 1 aromatic heterocycles. The summed E-state index contributed by atoms with van der Waals surface area (Å²) < 4.78 is 6.32. The zero-order valence-corrected chi connectivity index (χ0v) is 10.1. The smallest absolute Gasteiger partial charge is 0.345 e. The van der Waals surface area contributed by atoms with Crippen molar-refractivity contribution in [2.45, 2.75) is 6.92 Å². The molecule has 1 heterocycles. The first-order valence-electron chi connectivity index (χ1n) is 5.59. The van der Waals surface area contributed by atoms with Crippen molar-refractivity contribution in [2.24, 2.45) is 0 Å². The fourth-order valence-electron chi connectivity index (χ4n) is 1.62. The van der Waals surface area contributed by atoms with Crippen LogP contribution in [0.4, 0.5) is 5.69 Å². The van der Waals surface area contributed by atoms with Crippen LogP contribution in [-0.2, 0) is 4.74 Å². The molecule has 0 saturated heterocycles. The van der Waals surface area contributed by atoms with Crippen LogP contribution >= 0.6 is 0 Å². The van der Waals surface area contributed by atoms with Gasteiger partial charge >= 0.3 is 5.97 Å². The minimum Gasteiger partial charge on any atom is -0.462 e. The van der Waals surface area contributed by atoms with Crippen molar-refractivity contribution in [1.82, 2.24) is 9.78 Å². The van der Waals surface area contributed by atoms with Crippen LogP contribution in [0.15, 0.2) is 36.7 Å². The lowest BCUT2D eigenvalue weighted by Crippen LogP contribution is -2.09. The van der Waals surface area contributed by atoms with Crippen molar-refractivity contribution in [2.75, 3.05) is 6.61 Å². The van der Waals surface area contributed by atoms with E-state index in [1.165, 1.54) is 22.9 Å². The first-order chi connectivity index (χ1) is 9.13. The van der Waals surface area contributed by atoms with E-state index in [0.717, 1.165) is 0 Å². The van der Waals surface area contributed by atoms with E-state index >= 15 is 0 Å². The van der Waals surface area contributed by atoms with Crippen LogP contribution in [0.1, 0.15) is 17.3 Å². The highest BCUT2D eigenvalue weighted by molar-refractivity contribution is 5.94. The van der Waals surface area contributed by atoms with Crippen molar-refractivity contribution in [3.8, 4) is 5.69 Å². The Hall–Kier alpha value is -2.70. The molecule has 0 N–H and O–H groups in total. The number of aromatic nitrogens is 2. The number of hydrogen-bond donors (Lipinski definition) is 0. The number of rotatable bonds is 4. The topological polar surface area (TPSA) is 87.3 Å². The lowest BCUT2D eigenvalue weighted by atomic mass is 10.1. The van der Waals surface area contributed by atoms with Crippen molar-refractivity contribution < 1.29 is 14.5 Å². The fourth-order valence-corrected chi connectivity index (χ4v) is 1.62. The van der Waals surface area contributed by atoms with Crippen molar-refractivity contribution in [3.63, 3.8) is 0 Å². The maximum atomic E-state index is 11.7. The van der Waals surface area contributed by atoms with E-state index in [0.29, 0.717) is 5.69 Å². The third-order valence-electron chi connectivity index (χ3n) is 2.44. The minimum atomic E-state index is -0.719. The van der Waals surface area contributed by atoms with E-state index in [-0.39, 0.29) is 17.9 Å². The number of esters is 1. The van der Waals surface area contributed by atoms with Crippen molar-refractivity contribution >= 4 is 11.7 Å². The molecule has 0 aliphatic rings. The van der Waals surface area contributed by atoms with Crippen LogP contribution in [0.5, 0.6) is 0 Å². The number of carbonyl (C=O) groups is 1. The molecule has 0 bridgehead atoms. The third kappa shape index (κ3) is 2.59. The summed E-state index contributed by atoms with van der Waals surface area (Å²) in [6.07, 6.45) is 3.25. The third-order valence-corrected chi connectivity index (χ3v) is 2.44. The van der Waals surface area contributed by atoms with Gasteiger partial charge in [0.1, 0.15) is 5.56 Å². The molecule has 0 spiro atoms. The summed E-state index contributed by atoms with van der Waals surface area (Å²) in [6.45, 7) is 1.79. The number of hydrogen-bond acceptors (Lipinski definition) is 5. The zero-order chi connectivity index (χ0) is 13.8. The van der Waals surface area contributed by atoms with Crippen molar-refractivity contribution in [1.29, 1.82) is 0 Å². The average molecular weight is 261 g/mol. The summed E-state index contributed by atoms with van der Waals surface area (Å²) in [7, 11) is 0. The SMILES string of the molecule is CCOC(=O)c1cc(-n2cccn2)ccc1[N+](=O)[O-]. The standard InChI is InChI=1S/C12H11N3O4/c1-2-19-12(16)10-8-9(14-7-3-6-13-14)4-5-11(10)15(17)18/h3-8H,2H2,1H3. The number of nitrogens with zero attached hydrogens (tertiary/aromatic N) is 3. The van der Waals surface area contributed by atoms with Crippen LogP contribution in [-0.4, -0.2) is 27.3 Å². The molecule has 2 aromatic rings. The molecule has 0 aliphatic heterocycles. The predicted molar refractivity (Wildman–Crippen MR) is 66.2 cm³/mol. The van der Waals surface area contributed by atoms with Gasteiger partial charge in [0.2, 0.25) is 0 Å². The molecule has 0 aliphatic carbocycles. The Bertz CT molecular complexity index is 607. The molecule has 98 valence electrons. The monoisotopic (exact) mass is 261 g/mol. The maximum absolute atomic E-state index is 11.7. The molecule has 7 heteroatoms. The lowest BCUT2D eigenvalue weighted by Gasteiger charge is -2.06. The van der Waals surface area contributed by atoms with Gasteiger partial charge in [0, 0.05) is 18.5 Å². The van der Waals surface area contributed by atoms with E-state index in [1.54, 1.807) is 25.4 Å². The Morgan fingerprint density at radius 3 is 2.89 bits per heavy atom. The van der Waals surface area contributed by atoms with E-state index in [9.17, 15) is 14.9 Å². The fraction of sp³-hybridized carbons (Fsp3) is 0.167. The summed E-state index contributed by atoms with van der Waals surface area (Å²) in [4.78, 5) is 22.0. The van der Waals surface area contributed by atoms with Gasteiger partial charge < -0.3 is 4.74 Å². The largest absolute Gasteiger partial charge is 0.462 e. The van der Waals surface area contributed by atoms with Crippen LogP contribution in [0.25, 0.3) is 5.69 Å². The molecule has 1 aromatic carbocycles. The second kappa shape index (κ2) is 5.30. The van der Waals surface area contributed by atoms with Crippen LogP contribution in [0.3, 0.4) is 0 Å². The molecule has 2 rings (SSSR count). The van der Waals surface area contributed by atoms with E-state index in [4.69, 9.17) is 4.74 Å². The first kappa shape index (κ1) is 12.7. The minimum absolute atomic E-state index is 0.0835. The van der Waals surface area contributed by atoms with Crippen molar-refractivity contribution in [3.05, 3.63) is 52.3 Å². The summed E-state index contributed by atoms with van der Waals surface area (Å²) in [5, 5.41) is 14.9. The van der Waals surface area contributed by atoms with Gasteiger partial charge in [-0.2, -0.15) is 5.10 Å². The predicted octanol–water partition coefficient (Wildman–Crippen LogP) is 1.96. The van der Waals surface area contributed by atoms with Gasteiger partial charge in [-0.05, 0) is 25.1 Å². The Kier molecular flexibility index (Phi) is 3.56. The van der Waals surface area contributed by atoms with E-state index in [1.807, 2.05) is 0 Å². The van der Waals surface area contributed by atoms with Gasteiger partial charge in [-0.1, -0.05) is 0 Å². The summed E-state index contributed by atoms with van der Waals surface area (Å²) >= 11 is 0. The summed E-state index contributed by atoms with van der Waals surface area (Å²) in [5.41, 5.74) is 0.188. The Morgan fingerprint density at radius 2 is 2.32 bits per heavy atom. The van der Waals surface area contributed by atoms with Gasteiger partial charge in [0.25, 0.3) is 5.69 Å².